The van der Waals surface area contributed by atoms with Gasteiger partial charge in [-0.25, -0.2) is 0 Å². The second kappa shape index (κ2) is 21.1. The van der Waals surface area contributed by atoms with Crippen molar-refractivity contribution in [2.24, 2.45) is 11.8 Å². The highest BCUT2D eigenvalue weighted by atomic mass is 35.5. The van der Waals surface area contributed by atoms with Crippen molar-refractivity contribution in [3.63, 3.8) is 0 Å². The third kappa shape index (κ3) is 14.3. The number of phenols is 2. The zero-order chi connectivity index (χ0) is 47.0. The Balaban J connectivity index is 0.000000402. The molecular weight excluding hydrogens is 909 g/mol. The number of esters is 2. The van der Waals surface area contributed by atoms with Gasteiger partial charge in [0, 0.05) is 61.1 Å². The lowest BCUT2D eigenvalue weighted by molar-refractivity contribution is -0.132. The van der Waals surface area contributed by atoms with Crippen molar-refractivity contribution >= 4 is 55.4 Å². The van der Waals surface area contributed by atoms with E-state index in [2.05, 4.69) is 21.5 Å². The van der Waals surface area contributed by atoms with Gasteiger partial charge in [-0.2, -0.15) is 43.2 Å². The van der Waals surface area contributed by atoms with E-state index in [0.717, 1.165) is 79.7 Å². The van der Waals surface area contributed by atoms with Crippen LogP contribution in [0, 0.1) is 11.8 Å². The average Bonchev–Trinajstić information content (AvgIpc) is 3.06. The fourth-order valence-electron chi connectivity index (χ4n) is 6.58. The average molecular weight is 954 g/mol. The molecule has 0 saturated carbocycles. The molecule has 2 aliphatic rings. The molecule has 4 atom stereocenters. The largest absolute Gasteiger partial charge is 0.534 e. The van der Waals surface area contributed by atoms with E-state index in [1.165, 1.54) is 0 Å². The highest BCUT2D eigenvalue weighted by Gasteiger charge is 2.50. The number of carbonyl (C=O) groups excluding carboxylic acids is 2. The summed E-state index contributed by atoms with van der Waals surface area (Å²) in [6.45, 7) is 17.4. The first-order valence-electron chi connectivity index (χ1n) is 17.8. The summed E-state index contributed by atoms with van der Waals surface area (Å²) in [4.78, 5) is 23.4. The lowest BCUT2D eigenvalue weighted by Crippen LogP contribution is -2.28. The van der Waals surface area contributed by atoms with Crippen LogP contribution >= 0.6 is 23.2 Å². The molecule has 4 rings (SSSR count). The number of phenolic OH excluding ortho intramolecular Hbond substituents is 2. The van der Waals surface area contributed by atoms with Gasteiger partial charge in [0.15, 0.2) is 0 Å². The van der Waals surface area contributed by atoms with Crippen molar-refractivity contribution in [3.05, 3.63) is 83.0 Å². The summed E-state index contributed by atoms with van der Waals surface area (Å²) >= 11 is 9.53. The highest BCUT2D eigenvalue weighted by molar-refractivity contribution is 7.88. The molecule has 0 fully saturated rings. The Labute approximate surface area is 359 Å². The van der Waals surface area contributed by atoms with Gasteiger partial charge in [0.2, 0.25) is 0 Å². The maximum Gasteiger partial charge on any atom is 0.534 e. The first kappa shape index (κ1) is 52.7. The van der Waals surface area contributed by atoms with Crippen LogP contribution in [-0.2, 0) is 29.8 Å². The SMILES string of the molecule is C=C(C)[C@@H]1CCC(C)=C[C@H]1c1c(O)cc(OS(=O)(=O)C(F)(F)F)cc1O.C=C(C)[C@@H]1CCC(C)=C[C@H]1c1c(OC(C)=O)cc(OS(=O)(=O)C(F)(F)F)cc1OC(C)=O.ClCCl. The minimum atomic E-state index is -6.02. The Bertz CT molecular complexity index is 2210. The molecule has 0 radical (unpaired) electrons. The van der Waals surface area contributed by atoms with E-state index < -0.39 is 78.0 Å². The Morgan fingerprint density at radius 1 is 0.672 bits per heavy atom. The van der Waals surface area contributed by atoms with Crippen molar-refractivity contribution in [2.45, 2.75) is 90.1 Å². The third-order valence-electron chi connectivity index (χ3n) is 9.10. The van der Waals surface area contributed by atoms with Gasteiger partial charge in [0.1, 0.15) is 34.5 Å². The topological polar surface area (TPSA) is 180 Å². The Morgan fingerprint density at radius 3 is 1.28 bits per heavy atom. The van der Waals surface area contributed by atoms with Crippen molar-refractivity contribution in [2.75, 3.05) is 5.34 Å². The van der Waals surface area contributed by atoms with Crippen LogP contribution in [0.2, 0.25) is 0 Å². The number of hydrogen-bond acceptors (Lipinski definition) is 12. The van der Waals surface area contributed by atoms with E-state index in [-0.39, 0.29) is 39.8 Å². The number of benzene rings is 2. The second-order valence-corrected chi connectivity index (χ2v) is 17.9. The highest BCUT2D eigenvalue weighted by Crippen LogP contribution is 2.50. The molecule has 2 N–H and O–H groups in total. The van der Waals surface area contributed by atoms with Crippen molar-refractivity contribution in [1.82, 2.24) is 0 Å². The molecule has 61 heavy (non-hydrogen) atoms. The van der Waals surface area contributed by atoms with Gasteiger partial charge in [-0.15, -0.1) is 23.2 Å². The fraction of sp³-hybridized carbons (Fsp3) is 0.436. The van der Waals surface area contributed by atoms with Gasteiger partial charge in [0.05, 0.1) is 5.34 Å². The van der Waals surface area contributed by atoms with Gasteiger partial charge in [-0.05, 0) is 65.2 Å². The molecule has 0 aromatic heterocycles. The van der Waals surface area contributed by atoms with Gasteiger partial charge in [-0.1, -0.05) is 47.6 Å². The number of rotatable bonds is 10. The van der Waals surface area contributed by atoms with Gasteiger partial charge >= 0.3 is 43.2 Å². The molecule has 0 spiro atoms. The quantitative estimate of drug-likeness (QED) is 0.0438. The molecule has 0 unspecified atom stereocenters. The van der Waals surface area contributed by atoms with Crippen molar-refractivity contribution in [1.29, 1.82) is 0 Å². The van der Waals surface area contributed by atoms with E-state index in [4.69, 9.17) is 32.7 Å². The van der Waals surface area contributed by atoms with Crippen LogP contribution in [0.4, 0.5) is 26.3 Å². The van der Waals surface area contributed by atoms with Crippen LogP contribution in [0.5, 0.6) is 34.5 Å². The summed E-state index contributed by atoms with van der Waals surface area (Å²) in [6.07, 6.45) is 6.73. The first-order chi connectivity index (χ1) is 27.9. The van der Waals surface area contributed by atoms with Gasteiger partial charge in [-0.3, -0.25) is 9.59 Å². The zero-order valence-corrected chi connectivity index (χ0v) is 36.7. The maximum atomic E-state index is 12.8. The van der Waals surface area contributed by atoms with Crippen LogP contribution in [0.3, 0.4) is 0 Å². The molecule has 0 bridgehead atoms. The van der Waals surface area contributed by atoms with Crippen LogP contribution < -0.4 is 17.8 Å². The van der Waals surface area contributed by atoms with Crippen LogP contribution in [0.1, 0.15) is 90.2 Å². The number of ether oxygens (including phenoxy) is 2. The molecule has 0 amide bonds. The predicted molar refractivity (Wildman–Crippen MR) is 215 cm³/mol. The normalized spacial score (nSPS) is 19.3. The number of halogens is 8. The van der Waals surface area contributed by atoms with Crippen molar-refractivity contribution < 1.29 is 80.8 Å². The van der Waals surface area contributed by atoms with E-state index in [0.29, 0.717) is 6.42 Å². The maximum absolute atomic E-state index is 12.8. The van der Waals surface area contributed by atoms with Gasteiger partial charge in [0.25, 0.3) is 0 Å². The molecule has 2 aliphatic carbocycles. The Morgan fingerprint density at radius 2 is 0.984 bits per heavy atom. The van der Waals surface area contributed by atoms with E-state index in [9.17, 15) is 63.0 Å². The number of allylic oxidation sites excluding steroid dienone is 6. The molecule has 2 aromatic rings. The Hall–Kier alpha value is -4.40. The molecule has 0 heterocycles. The molecule has 0 aliphatic heterocycles. The number of hydrogen-bond donors (Lipinski definition) is 2. The van der Waals surface area contributed by atoms with E-state index in [1.54, 1.807) is 6.92 Å². The standard InChI is InChI=1S/C21H23F3O7S.C17H19F3O5S.CH2Cl2/c1-11(2)16-7-6-12(3)8-17(16)20-18(29-13(4)25)9-15(10-19(20)30-14(5)26)31-32(27,28)21(22,23)24;1-9(2)12-5-4-10(3)6-13(12)16-14(21)7-11(8-15(16)22)25-26(23,24)17(18,19)20;2-1-3/h8-10,16-17H,1,6-7H2,2-5H3;6-8,12-13,21-22H,1,4-5H2,2-3H3;1H2/t16-,17+;12-,13+;/m00./s1. The lowest BCUT2D eigenvalue weighted by atomic mass is 9.74. The van der Waals surface area contributed by atoms with E-state index >= 15 is 0 Å². The minimum Gasteiger partial charge on any atom is -0.507 e. The molecular formula is C39H44Cl2F6O12S2. The summed E-state index contributed by atoms with van der Waals surface area (Å²) in [6, 6.07) is 3.18. The molecule has 12 nitrogen and oxygen atoms in total. The third-order valence-corrected chi connectivity index (χ3v) is 11.1. The summed E-state index contributed by atoms with van der Waals surface area (Å²) in [5.74, 6) is -6.16. The monoisotopic (exact) mass is 952 g/mol. The smallest absolute Gasteiger partial charge is 0.507 e. The van der Waals surface area contributed by atoms with Crippen LogP contribution in [0.25, 0.3) is 0 Å². The lowest BCUT2D eigenvalue weighted by Gasteiger charge is -2.32. The predicted octanol–water partition coefficient (Wildman–Crippen LogP) is 10.5. The molecule has 340 valence electrons. The van der Waals surface area contributed by atoms with Crippen molar-refractivity contribution in [3.8, 4) is 34.5 Å². The molecule has 22 heteroatoms. The minimum absolute atomic E-state index is 0.0822. The number of aromatic hydroxyl groups is 2. The number of carbonyl (C=O) groups is 2. The Kier molecular flexibility index (Phi) is 18.3. The molecule has 0 saturated heterocycles. The second-order valence-electron chi connectivity index (χ2n) is 14.0. The van der Waals surface area contributed by atoms with Crippen LogP contribution in [-0.4, -0.2) is 55.3 Å². The van der Waals surface area contributed by atoms with Crippen LogP contribution in [0.15, 0.2) is 71.9 Å². The zero-order valence-electron chi connectivity index (χ0n) is 33.5. The van der Waals surface area contributed by atoms with E-state index in [1.807, 2.05) is 32.9 Å². The summed E-state index contributed by atoms with van der Waals surface area (Å²) in [7, 11) is -11.9. The first-order valence-corrected chi connectivity index (χ1v) is 21.6. The summed E-state index contributed by atoms with van der Waals surface area (Å²) in [5.41, 5.74) is -7.37. The van der Waals surface area contributed by atoms with Gasteiger partial charge < -0.3 is 28.1 Å². The fourth-order valence-corrected chi connectivity index (χ4v) is 7.47. The number of alkyl halides is 8. The summed E-state index contributed by atoms with van der Waals surface area (Å²) in [5, 5.41) is 20.7. The summed E-state index contributed by atoms with van der Waals surface area (Å²) < 4.78 is 139. The molecule has 2 aromatic carbocycles.